The molecule has 0 fully saturated rings. The molecule has 1 heteroatoms. The quantitative estimate of drug-likeness (QED) is 0.747. The fourth-order valence-electron chi connectivity index (χ4n) is 1.24. The van der Waals surface area contributed by atoms with E-state index in [2.05, 4.69) is 11.8 Å². The molecule has 0 heterocycles. The zero-order valence-corrected chi connectivity index (χ0v) is 9.40. The molecule has 1 atom stereocenters. The van der Waals surface area contributed by atoms with Crippen molar-refractivity contribution < 1.29 is 5.11 Å². The standard InChI is InChI=1S/C14H18O/c1-12(2)14(15)11-7-6-10-13-8-4-3-5-9-13/h3-5,8-9,12,14-15H,7,11H2,1-2H3. The van der Waals surface area contributed by atoms with Crippen LogP contribution in [0.4, 0.5) is 0 Å². The molecule has 1 unspecified atom stereocenters. The van der Waals surface area contributed by atoms with E-state index in [-0.39, 0.29) is 6.10 Å². The first-order valence-electron chi connectivity index (χ1n) is 5.42. The van der Waals surface area contributed by atoms with Crippen molar-refractivity contribution in [3.63, 3.8) is 0 Å². The summed E-state index contributed by atoms with van der Waals surface area (Å²) in [6.07, 6.45) is 1.29. The highest BCUT2D eigenvalue weighted by molar-refractivity contribution is 5.33. The smallest absolute Gasteiger partial charge is 0.0572 e. The van der Waals surface area contributed by atoms with Gasteiger partial charge in [-0.2, -0.15) is 0 Å². The lowest BCUT2D eigenvalue weighted by atomic mass is 10.0. The Hall–Kier alpha value is -1.26. The van der Waals surface area contributed by atoms with Crippen molar-refractivity contribution in [3.8, 4) is 11.8 Å². The van der Waals surface area contributed by atoms with Gasteiger partial charge in [-0.1, -0.05) is 43.9 Å². The lowest BCUT2D eigenvalue weighted by Crippen LogP contribution is -2.13. The van der Waals surface area contributed by atoms with E-state index in [0.29, 0.717) is 5.92 Å². The monoisotopic (exact) mass is 202 g/mol. The van der Waals surface area contributed by atoms with E-state index >= 15 is 0 Å². The molecule has 15 heavy (non-hydrogen) atoms. The summed E-state index contributed by atoms with van der Waals surface area (Å²) >= 11 is 0. The first kappa shape index (κ1) is 11.8. The fourth-order valence-corrected chi connectivity index (χ4v) is 1.24. The molecular formula is C14H18O. The maximum Gasteiger partial charge on any atom is 0.0572 e. The van der Waals surface area contributed by atoms with Crippen molar-refractivity contribution in [2.45, 2.75) is 32.8 Å². The van der Waals surface area contributed by atoms with Crippen LogP contribution in [-0.4, -0.2) is 11.2 Å². The molecule has 1 N–H and O–H groups in total. The first-order valence-corrected chi connectivity index (χ1v) is 5.42. The minimum absolute atomic E-state index is 0.227. The third-order valence-electron chi connectivity index (χ3n) is 2.34. The van der Waals surface area contributed by atoms with Crippen LogP contribution in [0.3, 0.4) is 0 Å². The summed E-state index contributed by atoms with van der Waals surface area (Å²) in [6.45, 7) is 4.05. The van der Waals surface area contributed by atoms with Crippen molar-refractivity contribution in [2.75, 3.05) is 0 Å². The summed E-state index contributed by atoms with van der Waals surface area (Å²) in [4.78, 5) is 0. The van der Waals surface area contributed by atoms with Gasteiger partial charge in [0.05, 0.1) is 6.10 Å². The average Bonchev–Trinajstić information content (AvgIpc) is 2.25. The van der Waals surface area contributed by atoms with E-state index in [4.69, 9.17) is 0 Å². The van der Waals surface area contributed by atoms with Gasteiger partial charge < -0.3 is 5.11 Å². The Balaban J connectivity index is 2.35. The minimum atomic E-state index is -0.227. The van der Waals surface area contributed by atoms with Gasteiger partial charge in [0, 0.05) is 12.0 Å². The van der Waals surface area contributed by atoms with Crippen LogP contribution in [0.2, 0.25) is 0 Å². The van der Waals surface area contributed by atoms with E-state index in [1.807, 2.05) is 44.2 Å². The second-order valence-corrected chi connectivity index (χ2v) is 4.02. The maximum absolute atomic E-state index is 9.56. The molecule has 0 aliphatic rings. The first-order chi connectivity index (χ1) is 7.20. The van der Waals surface area contributed by atoms with Crippen molar-refractivity contribution in [1.29, 1.82) is 0 Å². The second-order valence-electron chi connectivity index (χ2n) is 4.02. The summed E-state index contributed by atoms with van der Waals surface area (Å²) in [5.41, 5.74) is 1.04. The van der Waals surface area contributed by atoms with Crippen LogP contribution in [-0.2, 0) is 0 Å². The Morgan fingerprint density at radius 3 is 2.47 bits per heavy atom. The van der Waals surface area contributed by atoms with Gasteiger partial charge in [0.1, 0.15) is 0 Å². The Labute approximate surface area is 92.1 Å². The van der Waals surface area contributed by atoms with Crippen LogP contribution >= 0.6 is 0 Å². The molecule has 0 radical (unpaired) electrons. The Bertz CT molecular complexity index is 329. The summed E-state index contributed by atoms with van der Waals surface area (Å²) in [6, 6.07) is 9.92. The van der Waals surface area contributed by atoms with Crippen LogP contribution < -0.4 is 0 Å². The highest BCUT2D eigenvalue weighted by Gasteiger charge is 2.06. The van der Waals surface area contributed by atoms with Crippen LogP contribution in [0.25, 0.3) is 0 Å². The number of hydrogen-bond donors (Lipinski definition) is 1. The summed E-state index contributed by atoms with van der Waals surface area (Å²) in [5.74, 6) is 6.48. The zero-order chi connectivity index (χ0) is 11.1. The normalized spacial score (nSPS) is 12.0. The van der Waals surface area contributed by atoms with Crippen molar-refractivity contribution in [2.24, 2.45) is 5.92 Å². The average molecular weight is 202 g/mol. The molecule has 0 aliphatic heterocycles. The molecule has 0 saturated heterocycles. The predicted molar refractivity (Wildman–Crippen MR) is 63.4 cm³/mol. The number of aliphatic hydroxyl groups excluding tert-OH is 1. The maximum atomic E-state index is 9.56. The topological polar surface area (TPSA) is 20.2 Å². The van der Waals surface area contributed by atoms with E-state index < -0.39 is 0 Å². The van der Waals surface area contributed by atoms with Gasteiger partial charge in [0.2, 0.25) is 0 Å². The fraction of sp³-hybridized carbons (Fsp3) is 0.429. The van der Waals surface area contributed by atoms with Gasteiger partial charge in [0.15, 0.2) is 0 Å². The van der Waals surface area contributed by atoms with Crippen molar-refractivity contribution in [1.82, 2.24) is 0 Å². The molecule has 1 rings (SSSR count). The van der Waals surface area contributed by atoms with E-state index in [0.717, 1.165) is 18.4 Å². The van der Waals surface area contributed by atoms with Crippen LogP contribution in [0.5, 0.6) is 0 Å². The molecule has 1 aromatic rings. The molecule has 0 aliphatic carbocycles. The molecule has 0 bridgehead atoms. The zero-order valence-electron chi connectivity index (χ0n) is 9.40. The van der Waals surface area contributed by atoms with Crippen LogP contribution in [0, 0.1) is 17.8 Å². The number of aliphatic hydroxyl groups is 1. The van der Waals surface area contributed by atoms with Gasteiger partial charge in [-0.15, -0.1) is 0 Å². The van der Waals surface area contributed by atoms with Gasteiger partial charge in [-0.05, 0) is 24.5 Å². The number of hydrogen-bond acceptors (Lipinski definition) is 1. The summed E-state index contributed by atoms with van der Waals surface area (Å²) in [5, 5.41) is 9.56. The number of benzene rings is 1. The van der Waals surface area contributed by atoms with Crippen LogP contribution in [0.15, 0.2) is 30.3 Å². The lowest BCUT2D eigenvalue weighted by molar-refractivity contribution is 0.118. The minimum Gasteiger partial charge on any atom is -0.393 e. The Morgan fingerprint density at radius 1 is 1.20 bits per heavy atom. The molecule has 80 valence electrons. The van der Waals surface area contributed by atoms with Gasteiger partial charge in [-0.3, -0.25) is 0 Å². The van der Waals surface area contributed by atoms with Gasteiger partial charge in [-0.25, -0.2) is 0 Å². The predicted octanol–water partition coefficient (Wildman–Crippen LogP) is 2.84. The van der Waals surface area contributed by atoms with Crippen molar-refractivity contribution in [3.05, 3.63) is 35.9 Å². The molecule has 1 nitrogen and oxygen atoms in total. The SMILES string of the molecule is CC(C)C(O)CCC#Cc1ccccc1. The molecule has 0 aromatic heterocycles. The summed E-state index contributed by atoms with van der Waals surface area (Å²) < 4.78 is 0. The van der Waals surface area contributed by atoms with Gasteiger partial charge >= 0.3 is 0 Å². The number of rotatable bonds is 3. The molecule has 0 saturated carbocycles. The van der Waals surface area contributed by atoms with E-state index in [1.165, 1.54) is 0 Å². The van der Waals surface area contributed by atoms with E-state index in [1.54, 1.807) is 0 Å². The highest BCUT2D eigenvalue weighted by atomic mass is 16.3. The largest absolute Gasteiger partial charge is 0.393 e. The third-order valence-corrected chi connectivity index (χ3v) is 2.34. The molecule has 1 aromatic carbocycles. The molecule has 0 amide bonds. The van der Waals surface area contributed by atoms with Crippen molar-refractivity contribution >= 4 is 0 Å². The van der Waals surface area contributed by atoms with E-state index in [9.17, 15) is 5.11 Å². The Morgan fingerprint density at radius 2 is 1.87 bits per heavy atom. The van der Waals surface area contributed by atoms with Crippen LogP contribution in [0.1, 0.15) is 32.3 Å². The lowest BCUT2D eigenvalue weighted by Gasteiger charge is -2.11. The van der Waals surface area contributed by atoms with Gasteiger partial charge in [0.25, 0.3) is 0 Å². The third kappa shape index (κ3) is 4.67. The summed E-state index contributed by atoms with van der Waals surface area (Å²) in [7, 11) is 0. The second kappa shape index (κ2) is 6.27. The highest BCUT2D eigenvalue weighted by Crippen LogP contribution is 2.07. The molecular weight excluding hydrogens is 184 g/mol. The molecule has 0 spiro atoms. The Kier molecular flexibility index (Phi) is 4.93.